The van der Waals surface area contributed by atoms with E-state index in [0.29, 0.717) is 11.3 Å². The Morgan fingerprint density at radius 3 is 2.93 bits per heavy atom. The van der Waals surface area contributed by atoms with Gasteiger partial charge in [-0.2, -0.15) is 0 Å². The van der Waals surface area contributed by atoms with Gasteiger partial charge in [-0.1, -0.05) is 35.9 Å². The van der Waals surface area contributed by atoms with Crippen LogP contribution in [0.15, 0.2) is 30.5 Å². The molecule has 0 spiro atoms. The Labute approximate surface area is 97.2 Å². The van der Waals surface area contributed by atoms with Crippen molar-refractivity contribution in [3.05, 3.63) is 41.2 Å². The number of rotatable bonds is 1. The van der Waals surface area contributed by atoms with E-state index in [1.54, 1.807) is 18.2 Å². The molecule has 0 fully saturated rings. The summed E-state index contributed by atoms with van der Waals surface area (Å²) in [6.45, 7) is -2.22. The van der Waals surface area contributed by atoms with Gasteiger partial charge in [-0.15, -0.1) is 0 Å². The van der Waals surface area contributed by atoms with Crippen LogP contribution in [0.3, 0.4) is 0 Å². The highest BCUT2D eigenvalue weighted by Crippen LogP contribution is 2.23. The number of hydrogen-bond acceptors (Lipinski definition) is 3. The first kappa shape index (κ1) is 6.80. The average Bonchev–Trinajstić information content (AvgIpc) is 2.32. The van der Waals surface area contributed by atoms with Gasteiger partial charge in [-0.05, 0) is 12.4 Å². The molecule has 0 aliphatic heterocycles. The number of nitrogens with zero attached hydrogens (tertiary/aromatic N) is 2. The molecule has 0 bridgehead atoms. The zero-order chi connectivity index (χ0) is 13.3. The predicted octanol–water partition coefficient (Wildman–Crippen LogP) is 2.69. The first-order valence-corrected chi connectivity index (χ1v) is 4.65. The van der Waals surface area contributed by atoms with Gasteiger partial charge >= 0.3 is 0 Å². The Morgan fingerprint density at radius 2 is 2.20 bits per heavy atom. The summed E-state index contributed by atoms with van der Waals surface area (Å²) < 4.78 is 22.5. The summed E-state index contributed by atoms with van der Waals surface area (Å²) in [5.74, 6) is 0.117. The van der Waals surface area contributed by atoms with E-state index in [0.717, 1.165) is 0 Å². The number of nitrogen functional groups attached to an aromatic ring is 1. The van der Waals surface area contributed by atoms with Crippen LogP contribution in [0.4, 0.5) is 5.82 Å². The molecule has 0 aliphatic rings. The summed E-state index contributed by atoms with van der Waals surface area (Å²) in [4.78, 5) is 7.92. The summed E-state index contributed by atoms with van der Waals surface area (Å²) in [6.07, 6.45) is 1.41. The first-order valence-electron chi connectivity index (χ1n) is 5.77. The number of aryl methyl sites for hydroxylation is 1. The van der Waals surface area contributed by atoms with E-state index >= 15 is 0 Å². The quantitative estimate of drug-likeness (QED) is 0.807. The third kappa shape index (κ3) is 1.92. The van der Waals surface area contributed by atoms with E-state index in [2.05, 4.69) is 9.97 Å². The lowest BCUT2D eigenvalue weighted by atomic mass is 10.1. The van der Waals surface area contributed by atoms with Crippen LogP contribution >= 0.6 is 11.6 Å². The van der Waals surface area contributed by atoms with Crippen LogP contribution in [0, 0.1) is 6.85 Å². The van der Waals surface area contributed by atoms with Crippen molar-refractivity contribution in [2.45, 2.75) is 6.85 Å². The molecule has 0 unspecified atom stereocenters. The minimum absolute atomic E-state index is 0.0628. The second kappa shape index (κ2) is 3.87. The summed E-state index contributed by atoms with van der Waals surface area (Å²) >= 11 is 5.79. The highest BCUT2D eigenvalue weighted by molar-refractivity contribution is 6.31. The van der Waals surface area contributed by atoms with Gasteiger partial charge in [0.25, 0.3) is 0 Å². The fourth-order valence-corrected chi connectivity index (χ4v) is 1.35. The molecule has 1 aromatic carbocycles. The van der Waals surface area contributed by atoms with E-state index in [1.165, 1.54) is 12.3 Å². The normalized spacial score (nSPS) is 14.1. The third-order valence-corrected chi connectivity index (χ3v) is 2.24. The van der Waals surface area contributed by atoms with Crippen molar-refractivity contribution in [1.29, 1.82) is 0 Å². The maximum absolute atomic E-state index is 7.49. The van der Waals surface area contributed by atoms with Gasteiger partial charge in [0.1, 0.15) is 0 Å². The molecule has 4 heteroatoms. The molecule has 0 atom stereocenters. The molecule has 1 heterocycles. The Morgan fingerprint density at radius 1 is 1.40 bits per heavy atom. The zero-order valence-corrected chi connectivity index (χ0v) is 8.49. The van der Waals surface area contributed by atoms with Gasteiger partial charge < -0.3 is 5.73 Å². The van der Waals surface area contributed by atoms with Crippen LogP contribution in [0.25, 0.3) is 11.3 Å². The van der Waals surface area contributed by atoms with E-state index in [1.807, 2.05) is 0 Å². The van der Waals surface area contributed by atoms with Gasteiger partial charge in [0.05, 0.1) is 11.9 Å². The van der Waals surface area contributed by atoms with E-state index < -0.39 is 6.85 Å². The molecule has 2 N–H and O–H groups in total. The van der Waals surface area contributed by atoms with Crippen LogP contribution < -0.4 is 5.73 Å². The fourth-order valence-electron chi connectivity index (χ4n) is 1.21. The molecule has 0 saturated carbocycles. The van der Waals surface area contributed by atoms with Crippen molar-refractivity contribution >= 4 is 17.4 Å². The van der Waals surface area contributed by atoms with Gasteiger partial charge in [0.15, 0.2) is 11.0 Å². The highest BCUT2D eigenvalue weighted by Gasteiger charge is 2.05. The molecule has 2 rings (SSSR count). The number of nitrogens with two attached hydrogens (primary N) is 1. The van der Waals surface area contributed by atoms with Gasteiger partial charge in [-0.3, -0.25) is 0 Å². The molecule has 0 amide bonds. The summed E-state index contributed by atoms with van der Waals surface area (Å²) in [5.41, 5.74) is 6.55. The molecule has 2 aromatic rings. The smallest absolute Gasteiger partial charge is 0.171 e. The van der Waals surface area contributed by atoms with E-state index in [4.69, 9.17) is 21.4 Å². The van der Waals surface area contributed by atoms with Gasteiger partial charge in [0.2, 0.25) is 0 Å². The lowest BCUT2D eigenvalue weighted by molar-refractivity contribution is 1.21. The minimum Gasteiger partial charge on any atom is -0.381 e. The van der Waals surface area contributed by atoms with Crippen molar-refractivity contribution in [3.63, 3.8) is 0 Å². The second-order valence-corrected chi connectivity index (χ2v) is 3.33. The summed E-state index contributed by atoms with van der Waals surface area (Å²) in [5, 5.41) is 0.0628. The van der Waals surface area contributed by atoms with Crippen molar-refractivity contribution in [2.75, 3.05) is 5.73 Å². The maximum Gasteiger partial charge on any atom is 0.171 e. The number of anilines is 1. The van der Waals surface area contributed by atoms with Crippen molar-refractivity contribution in [2.24, 2.45) is 0 Å². The third-order valence-electron chi connectivity index (χ3n) is 1.96. The van der Waals surface area contributed by atoms with Crippen LogP contribution in [0.5, 0.6) is 0 Å². The number of benzene rings is 1. The molecule has 0 aliphatic carbocycles. The van der Waals surface area contributed by atoms with Crippen LogP contribution in [0.2, 0.25) is 5.15 Å². The lowest BCUT2D eigenvalue weighted by Crippen LogP contribution is -1.95. The topological polar surface area (TPSA) is 51.8 Å². The maximum atomic E-state index is 7.49. The monoisotopic (exact) mass is 222 g/mol. The van der Waals surface area contributed by atoms with Crippen LogP contribution in [-0.2, 0) is 0 Å². The Bertz CT molecular complexity index is 584. The average molecular weight is 223 g/mol. The van der Waals surface area contributed by atoms with Crippen LogP contribution in [0.1, 0.15) is 9.68 Å². The summed E-state index contributed by atoms with van der Waals surface area (Å²) in [6, 6.07) is 6.60. The largest absolute Gasteiger partial charge is 0.381 e. The molecule has 15 heavy (non-hydrogen) atoms. The van der Waals surface area contributed by atoms with Gasteiger partial charge in [-0.25, -0.2) is 9.97 Å². The number of aromatic nitrogens is 2. The molecule has 0 saturated heterocycles. The summed E-state index contributed by atoms with van der Waals surface area (Å²) in [7, 11) is 0. The Kier molecular flexibility index (Phi) is 1.75. The minimum atomic E-state index is -2.22. The molecule has 1 aromatic heterocycles. The molecular weight excluding hydrogens is 210 g/mol. The second-order valence-electron chi connectivity index (χ2n) is 2.98. The number of hydrogen-bond donors (Lipinski definition) is 1. The molecule has 76 valence electrons. The highest BCUT2D eigenvalue weighted by atomic mass is 35.5. The van der Waals surface area contributed by atoms with Crippen molar-refractivity contribution in [1.82, 2.24) is 9.97 Å². The lowest BCUT2D eigenvalue weighted by Gasteiger charge is -2.05. The van der Waals surface area contributed by atoms with E-state index in [9.17, 15) is 0 Å². The first-order chi connectivity index (χ1) is 8.39. The van der Waals surface area contributed by atoms with Crippen molar-refractivity contribution in [3.8, 4) is 11.3 Å². The SMILES string of the molecule is [2H]C([2H])([2H])c1ccccc1-c1cnc(N)c(Cl)n1. The standard InChI is InChI=1S/C11H10ClN3/c1-7-4-2-3-5-8(7)9-6-14-11(13)10(12)15-9/h2-6H,1H3,(H2,13,14)/i1D3. The molecule has 3 nitrogen and oxygen atoms in total. The molecular formula is C11H10ClN3. The van der Waals surface area contributed by atoms with E-state index in [-0.39, 0.29) is 16.5 Å². The zero-order valence-electron chi connectivity index (χ0n) is 10.7. The molecule has 0 radical (unpaired) electrons. The van der Waals surface area contributed by atoms with Crippen LogP contribution in [-0.4, -0.2) is 9.97 Å². The van der Waals surface area contributed by atoms with Gasteiger partial charge in [0, 0.05) is 9.68 Å². The Hall–Kier alpha value is -1.61. The Balaban J connectivity index is 2.61. The number of halogens is 1. The van der Waals surface area contributed by atoms with Crippen molar-refractivity contribution < 1.29 is 4.11 Å². The fraction of sp³-hybridized carbons (Fsp3) is 0.0909. The predicted molar refractivity (Wildman–Crippen MR) is 61.6 cm³/mol.